The van der Waals surface area contributed by atoms with E-state index in [0.717, 1.165) is 5.56 Å². The maximum atomic E-state index is 10.5. The molecule has 1 aromatic carbocycles. The standard InChI is InChI=1S/C11H14O2/c1-8-4-3-5-10(6-8)9(2)7-11(12)13/h3-6,9H,7H2,1-2H3,(H,12,13). The van der Waals surface area contributed by atoms with Crippen LogP contribution >= 0.6 is 0 Å². The monoisotopic (exact) mass is 178 g/mol. The minimum Gasteiger partial charge on any atom is -0.481 e. The lowest BCUT2D eigenvalue weighted by Gasteiger charge is -2.09. The van der Waals surface area contributed by atoms with Gasteiger partial charge in [0, 0.05) is 0 Å². The van der Waals surface area contributed by atoms with E-state index in [2.05, 4.69) is 0 Å². The Morgan fingerprint density at radius 3 is 2.77 bits per heavy atom. The van der Waals surface area contributed by atoms with Crippen LogP contribution in [0.4, 0.5) is 0 Å². The fourth-order valence-corrected chi connectivity index (χ4v) is 1.36. The van der Waals surface area contributed by atoms with Gasteiger partial charge in [0.1, 0.15) is 0 Å². The summed E-state index contributed by atoms with van der Waals surface area (Å²) >= 11 is 0. The summed E-state index contributed by atoms with van der Waals surface area (Å²) in [6.45, 7) is 3.94. The second-order valence-electron chi connectivity index (χ2n) is 3.41. The molecule has 70 valence electrons. The first-order valence-electron chi connectivity index (χ1n) is 4.38. The zero-order valence-electron chi connectivity index (χ0n) is 7.95. The van der Waals surface area contributed by atoms with Gasteiger partial charge in [-0.3, -0.25) is 4.79 Å². The molecule has 2 nitrogen and oxygen atoms in total. The molecule has 0 aliphatic heterocycles. The maximum Gasteiger partial charge on any atom is 0.303 e. The summed E-state index contributed by atoms with van der Waals surface area (Å²) in [4.78, 5) is 10.5. The lowest BCUT2D eigenvalue weighted by Crippen LogP contribution is -2.02. The molecule has 1 aromatic rings. The second kappa shape index (κ2) is 4.08. The van der Waals surface area contributed by atoms with Crippen molar-refractivity contribution in [1.29, 1.82) is 0 Å². The van der Waals surface area contributed by atoms with Gasteiger partial charge in [-0.1, -0.05) is 36.8 Å². The van der Waals surface area contributed by atoms with Gasteiger partial charge >= 0.3 is 5.97 Å². The van der Waals surface area contributed by atoms with Crippen LogP contribution in [-0.2, 0) is 4.79 Å². The average Bonchev–Trinajstić information content (AvgIpc) is 2.03. The molecule has 0 bridgehead atoms. The Labute approximate surface area is 78.2 Å². The van der Waals surface area contributed by atoms with Gasteiger partial charge in [-0.2, -0.15) is 0 Å². The van der Waals surface area contributed by atoms with Crippen LogP contribution in [0.25, 0.3) is 0 Å². The number of benzene rings is 1. The first kappa shape index (κ1) is 9.78. The summed E-state index contributed by atoms with van der Waals surface area (Å²) in [5.41, 5.74) is 2.28. The summed E-state index contributed by atoms with van der Waals surface area (Å²) in [5.74, 6) is -0.647. The van der Waals surface area contributed by atoms with Crippen molar-refractivity contribution in [3.63, 3.8) is 0 Å². The third-order valence-corrected chi connectivity index (χ3v) is 2.09. The number of carbonyl (C=O) groups is 1. The maximum absolute atomic E-state index is 10.5. The lowest BCUT2D eigenvalue weighted by molar-refractivity contribution is -0.137. The molecule has 13 heavy (non-hydrogen) atoms. The van der Waals surface area contributed by atoms with Crippen molar-refractivity contribution in [2.45, 2.75) is 26.2 Å². The molecule has 0 aromatic heterocycles. The molecule has 0 saturated heterocycles. The molecule has 1 rings (SSSR count). The molecule has 0 aliphatic rings. The van der Waals surface area contributed by atoms with Gasteiger partial charge in [0.25, 0.3) is 0 Å². The smallest absolute Gasteiger partial charge is 0.303 e. The van der Waals surface area contributed by atoms with Crippen LogP contribution in [0.15, 0.2) is 24.3 Å². The molecule has 1 atom stereocenters. The molecule has 0 spiro atoms. The Kier molecular flexibility index (Phi) is 3.07. The van der Waals surface area contributed by atoms with E-state index in [-0.39, 0.29) is 12.3 Å². The van der Waals surface area contributed by atoms with Crippen LogP contribution in [0.1, 0.15) is 30.4 Å². The number of rotatable bonds is 3. The fourth-order valence-electron chi connectivity index (χ4n) is 1.36. The summed E-state index contributed by atoms with van der Waals surface area (Å²) in [7, 11) is 0. The van der Waals surface area contributed by atoms with Gasteiger partial charge in [-0.05, 0) is 18.4 Å². The van der Waals surface area contributed by atoms with Crippen molar-refractivity contribution in [3.05, 3.63) is 35.4 Å². The number of carboxylic acids is 1. The van der Waals surface area contributed by atoms with Crippen LogP contribution in [0, 0.1) is 6.92 Å². The highest BCUT2D eigenvalue weighted by Gasteiger charge is 2.09. The quantitative estimate of drug-likeness (QED) is 0.772. The Hall–Kier alpha value is -1.31. The second-order valence-corrected chi connectivity index (χ2v) is 3.41. The molecular weight excluding hydrogens is 164 g/mol. The van der Waals surface area contributed by atoms with Crippen molar-refractivity contribution < 1.29 is 9.90 Å². The molecule has 2 heteroatoms. The number of hydrogen-bond donors (Lipinski definition) is 1. The van der Waals surface area contributed by atoms with E-state index < -0.39 is 5.97 Å². The van der Waals surface area contributed by atoms with Crippen molar-refractivity contribution in [3.8, 4) is 0 Å². The summed E-state index contributed by atoms with van der Waals surface area (Å²) in [6.07, 6.45) is 0.198. The van der Waals surface area contributed by atoms with E-state index in [0.29, 0.717) is 0 Å². The first-order valence-corrected chi connectivity index (χ1v) is 4.38. The molecule has 0 heterocycles. The van der Waals surface area contributed by atoms with Crippen LogP contribution in [-0.4, -0.2) is 11.1 Å². The Balaban J connectivity index is 2.76. The van der Waals surface area contributed by atoms with Gasteiger partial charge in [0.2, 0.25) is 0 Å². The van der Waals surface area contributed by atoms with E-state index in [4.69, 9.17) is 5.11 Å². The van der Waals surface area contributed by atoms with Crippen LogP contribution in [0.5, 0.6) is 0 Å². The minimum atomic E-state index is -0.742. The first-order chi connectivity index (χ1) is 6.09. The molecule has 0 saturated carbocycles. The van der Waals surface area contributed by atoms with Crippen molar-refractivity contribution in [2.75, 3.05) is 0 Å². The minimum absolute atomic E-state index is 0.0948. The van der Waals surface area contributed by atoms with E-state index in [1.165, 1.54) is 5.56 Å². The number of aryl methyl sites for hydroxylation is 1. The van der Waals surface area contributed by atoms with Crippen molar-refractivity contribution in [1.82, 2.24) is 0 Å². The fraction of sp³-hybridized carbons (Fsp3) is 0.364. The van der Waals surface area contributed by atoms with Crippen LogP contribution in [0.2, 0.25) is 0 Å². The summed E-state index contributed by atoms with van der Waals surface area (Å²) in [6, 6.07) is 7.98. The molecule has 1 N–H and O–H groups in total. The lowest BCUT2D eigenvalue weighted by atomic mass is 9.97. The van der Waals surface area contributed by atoms with Crippen LogP contribution in [0.3, 0.4) is 0 Å². The van der Waals surface area contributed by atoms with Crippen molar-refractivity contribution in [2.24, 2.45) is 0 Å². The highest BCUT2D eigenvalue weighted by molar-refractivity contribution is 5.67. The van der Waals surface area contributed by atoms with Gasteiger partial charge in [0.15, 0.2) is 0 Å². The van der Waals surface area contributed by atoms with Gasteiger partial charge < -0.3 is 5.11 Å². The van der Waals surface area contributed by atoms with E-state index in [1.54, 1.807) is 0 Å². The Morgan fingerprint density at radius 2 is 2.23 bits per heavy atom. The SMILES string of the molecule is Cc1cccc(C(C)CC(=O)O)c1. The normalized spacial score (nSPS) is 12.5. The number of carboxylic acid groups (broad SMARTS) is 1. The molecule has 0 radical (unpaired) electrons. The molecule has 0 amide bonds. The zero-order valence-corrected chi connectivity index (χ0v) is 7.95. The summed E-state index contributed by atoms with van der Waals surface area (Å²) < 4.78 is 0. The third kappa shape index (κ3) is 2.90. The highest BCUT2D eigenvalue weighted by Crippen LogP contribution is 2.19. The predicted octanol–water partition coefficient (Wildman–Crippen LogP) is 2.57. The molecule has 1 unspecified atom stereocenters. The number of aliphatic carboxylic acids is 1. The molecule has 0 aliphatic carbocycles. The average molecular weight is 178 g/mol. The summed E-state index contributed by atoms with van der Waals surface area (Å²) in [5, 5.41) is 8.61. The molecule has 0 fully saturated rings. The molecular formula is C11H14O2. The van der Waals surface area contributed by atoms with Crippen molar-refractivity contribution >= 4 is 5.97 Å². The predicted molar refractivity (Wildman–Crippen MR) is 51.8 cm³/mol. The van der Waals surface area contributed by atoms with Gasteiger partial charge in [-0.15, -0.1) is 0 Å². The number of hydrogen-bond acceptors (Lipinski definition) is 1. The third-order valence-electron chi connectivity index (χ3n) is 2.09. The van der Waals surface area contributed by atoms with E-state index in [9.17, 15) is 4.79 Å². The van der Waals surface area contributed by atoms with E-state index in [1.807, 2.05) is 38.1 Å². The Morgan fingerprint density at radius 1 is 1.54 bits per heavy atom. The zero-order chi connectivity index (χ0) is 9.84. The largest absolute Gasteiger partial charge is 0.481 e. The van der Waals surface area contributed by atoms with E-state index >= 15 is 0 Å². The van der Waals surface area contributed by atoms with Gasteiger partial charge in [-0.25, -0.2) is 0 Å². The van der Waals surface area contributed by atoms with Gasteiger partial charge in [0.05, 0.1) is 6.42 Å². The topological polar surface area (TPSA) is 37.3 Å². The highest BCUT2D eigenvalue weighted by atomic mass is 16.4. The van der Waals surface area contributed by atoms with Crippen LogP contribution < -0.4 is 0 Å². The Bertz CT molecular complexity index is 305.